The maximum Gasteiger partial charge on any atom is 0.0741 e. The summed E-state index contributed by atoms with van der Waals surface area (Å²) < 4.78 is 0. The van der Waals surface area contributed by atoms with Gasteiger partial charge in [0.2, 0.25) is 0 Å². The van der Waals surface area contributed by atoms with E-state index in [1.54, 1.807) is 0 Å². The monoisotopic (exact) mass is 52.1 g/mol. The van der Waals surface area contributed by atoms with E-state index in [4.69, 9.17) is 0 Å². The Hall–Kier alpha value is 0.195. The first-order chi connectivity index (χ1) is 1.91. The number of rotatable bonds is 1. The largest absolute Gasteiger partial charge is 0.0966 e. The van der Waals surface area contributed by atoms with Crippen LogP contribution < -0.4 is 0 Å². The Labute approximate surface area is 29.8 Å². The molecule has 0 unspecified atom stereocenters. The summed E-state index contributed by atoms with van der Waals surface area (Å²) in [5.74, 6) is 0. The highest BCUT2D eigenvalue weighted by atomic mass is 12.8. The molecule has 0 atom stereocenters. The highest BCUT2D eigenvalue weighted by molar-refractivity contribution is 7.23. The van der Waals surface area contributed by atoms with E-state index in [0.717, 1.165) is 0 Å². The van der Waals surface area contributed by atoms with Crippen molar-refractivity contribution < 1.29 is 0 Å². The molecule has 0 spiro atoms. The maximum absolute atomic E-state index is 2.18. The minimum Gasteiger partial charge on any atom is -0.0966 e. The van der Waals surface area contributed by atoms with Crippen LogP contribution in [0.15, 0.2) is 0 Å². The Balaban J connectivity index is 1.97. The number of hydrogen-bond acceptors (Lipinski definition) is 0. The van der Waals surface area contributed by atoms with Gasteiger partial charge >= 0.3 is 0 Å². The summed E-state index contributed by atoms with van der Waals surface area (Å²) >= 11 is 0. The molecule has 0 aliphatic carbocycles. The van der Waals surface area contributed by atoms with Gasteiger partial charge in [-0.25, -0.2) is 0 Å². The zero-order valence-corrected chi connectivity index (χ0v) is 3.41. The van der Waals surface area contributed by atoms with E-state index >= 15 is 0 Å². The van der Waals surface area contributed by atoms with Crippen molar-refractivity contribution in [1.82, 2.24) is 0 Å². The SMILES string of the molecule is BBBC. The molecule has 0 aromatic carbocycles. The van der Waals surface area contributed by atoms with E-state index in [1.807, 2.05) is 0 Å². The zero-order valence-electron chi connectivity index (χ0n) is 3.41. The fourth-order valence-corrected chi connectivity index (χ4v) is 0. The van der Waals surface area contributed by atoms with Crippen molar-refractivity contribution >= 4 is 22.0 Å². The second kappa shape index (κ2) is 3.19. The van der Waals surface area contributed by atoms with Gasteiger partial charge in [0.1, 0.15) is 0 Å². The number of hydrogen-bond donors (Lipinski definition) is 0. The average molecular weight is 51.5 g/mol. The molecular weight excluding hydrogens is 44.4 g/mol. The molecule has 20 valence electrons. The summed E-state index contributed by atoms with van der Waals surface area (Å²) in [4.78, 5) is 0. The lowest BCUT2D eigenvalue weighted by Gasteiger charge is -1.58. The average Bonchev–Trinajstić information content (AvgIpc) is 1.37. The summed E-state index contributed by atoms with van der Waals surface area (Å²) in [6.07, 6.45) is 0. The molecule has 0 saturated heterocycles. The normalized spacial score (nSPS) is 5.25. The van der Waals surface area contributed by atoms with Crippen LogP contribution in [0.2, 0.25) is 6.82 Å². The Morgan fingerprint density at radius 1 is 1.75 bits per heavy atom. The van der Waals surface area contributed by atoms with E-state index in [1.165, 1.54) is 14.2 Å². The standard InChI is InChI=1S/CH7B3/c1-3-4-2/h3-4H,2H2,1H3. The Morgan fingerprint density at radius 2 is 2.00 bits per heavy atom. The Kier molecular flexibility index (Phi) is 3.35. The van der Waals surface area contributed by atoms with Crippen molar-refractivity contribution in [3.8, 4) is 0 Å². The van der Waals surface area contributed by atoms with Gasteiger partial charge < -0.3 is 0 Å². The molecule has 0 radical (unpaired) electrons. The summed E-state index contributed by atoms with van der Waals surface area (Å²) in [6.45, 7) is 2.18. The van der Waals surface area contributed by atoms with Crippen molar-refractivity contribution in [1.29, 1.82) is 0 Å². The van der Waals surface area contributed by atoms with Crippen molar-refractivity contribution in [3.63, 3.8) is 0 Å². The van der Waals surface area contributed by atoms with E-state index in [0.29, 0.717) is 0 Å². The highest BCUT2D eigenvalue weighted by Crippen LogP contribution is 1.36. The molecule has 0 aliphatic heterocycles. The van der Waals surface area contributed by atoms with Crippen molar-refractivity contribution in [2.24, 2.45) is 0 Å². The van der Waals surface area contributed by atoms with Gasteiger partial charge in [0.15, 0.2) is 0 Å². The topological polar surface area (TPSA) is 0 Å². The quantitative estimate of drug-likeness (QED) is 0.314. The Bertz CT molecular complexity index is 5.25. The van der Waals surface area contributed by atoms with E-state index < -0.39 is 0 Å². The highest BCUT2D eigenvalue weighted by Gasteiger charge is 1.66. The van der Waals surface area contributed by atoms with Crippen LogP contribution in [0.25, 0.3) is 0 Å². The van der Waals surface area contributed by atoms with Gasteiger partial charge in [-0.15, -0.1) is 0 Å². The lowest BCUT2D eigenvalue weighted by atomic mass is 9.29. The molecule has 3 heteroatoms. The fourth-order valence-electron chi connectivity index (χ4n) is 0. The maximum atomic E-state index is 2.18. The first kappa shape index (κ1) is 4.19. The van der Waals surface area contributed by atoms with Crippen LogP contribution in [0.1, 0.15) is 0 Å². The van der Waals surface area contributed by atoms with Gasteiger partial charge in [0.25, 0.3) is 0 Å². The fraction of sp³-hybridized carbons (Fsp3) is 1.00. The van der Waals surface area contributed by atoms with Gasteiger partial charge in [-0.2, -0.15) is 0 Å². The summed E-state index contributed by atoms with van der Waals surface area (Å²) in [5, 5.41) is 0. The third kappa shape index (κ3) is 2.19. The van der Waals surface area contributed by atoms with Crippen LogP contribution in [0, 0.1) is 0 Å². The van der Waals surface area contributed by atoms with Gasteiger partial charge in [0, 0.05) is 0 Å². The van der Waals surface area contributed by atoms with Crippen molar-refractivity contribution in [3.05, 3.63) is 0 Å². The summed E-state index contributed by atoms with van der Waals surface area (Å²) in [6, 6.07) is 0. The molecule has 0 nitrogen and oxygen atoms in total. The van der Waals surface area contributed by atoms with E-state index in [-0.39, 0.29) is 0 Å². The molecule has 0 saturated carbocycles. The Morgan fingerprint density at radius 3 is 2.00 bits per heavy atom. The molecule has 0 bridgehead atoms. The predicted molar refractivity (Wildman–Crippen MR) is 28.7 cm³/mol. The molecule has 0 heterocycles. The molecule has 0 aromatic heterocycles. The van der Waals surface area contributed by atoms with Gasteiger partial charge in [-0.3, -0.25) is 0 Å². The van der Waals surface area contributed by atoms with Gasteiger partial charge in [-0.1, -0.05) is 6.82 Å². The molecular formula is CH7B3. The summed E-state index contributed by atoms with van der Waals surface area (Å²) in [7, 11) is 4.82. The smallest absolute Gasteiger partial charge is 0.0741 e. The van der Waals surface area contributed by atoms with Crippen molar-refractivity contribution in [2.75, 3.05) is 0 Å². The van der Waals surface area contributed by atoms with Crippen LogP contribution in [-0.4, -0.2) is 22.0 Å². The molecule has 0 N–H and O–H groups in total. The first-order valence-corrected chi connectivity index (χ1v) is 1.91. The van der Waals surface area contributed by atoms with Crippen LogP contribution in [0.5, 0.6) is 0 Å². The lowest BCUT2D eigenvalue weighted by molar-refractivity contribution is 2.37. The van der Waals surface area contributed by atoms with Crippen LogP contribution in [-0.2, 0) is 0 Å². The molecule has 0 amide bonds. The zero-order chi connectivity index (χ0) is 3.41. The second-order valence-corrected chi connectivity index (χ2v) is 1.000. The van der Waals surface area contributed by atoms with E-state index in [9.17, 15) is 0 Å². The molecule has 0 rings (SSSR count). The lowest BCUT2D eigenvalue weighted by Crippen LogP contribution is -1.94. The first-order valence-electron chi connectivity index (χ1n) is 1.91. The van der Waals surface area contributed by atoms with Gasteiger partial charge in [-0.05, 0) is 0 Å². The minimum atomic E-state index is 1.32. The molecule has 0 fully saturated rings. The van der Waals surface area contributed by atoms with Crippen LogP contribution in [0.4, 0.5) is 0 Å². The predicted octanol–water partition coefficient (Wildman–Crippen LogP) is -1.63. The molecule has 4 heavy (non-hydrogen) atoms. The third-order valence-corrected chi connectivity index (χ3v) is 0.500. The molecule has 0 aliphatic rings. The van der Waals surface area contributed by atoms with Gasteiger partial charge in [0.05, 0.1) is 22.0 Å². The van der Waals surface area contributed by atoms with Crippen LogP contribution >= 0.6 is 0 Å². The third-order valence-electron chi connectivity index (χ3n) is 0.500. The molecule has 0 aromatic rings. The van der Waals surface area contributed by atoms with Crippen molar-refractivity contribution in [2.45, 2.75) is 6.82 Å². The summed E-state index contributed by atoms with van der Waals surface area (Å²) in [5.41, 5.74) is 0. The minimum absolute atomic E-state index is 1.32. The second-order valence-electron chi connectivity index (χ2n) is 1.000. The van der Waals surface area contributed by atoms with E-state index in [2.05, 4.69) is 14.6 Å². The van der Waals surface area contributed by atoms with Crippen LogP contribution in [0.3, 0.4) is 0 Å².